The first-order chi connectivity index (χ1) is 14.6. The molecule has 5 rings (SSSR count). The lowest BCUT2D eigenvalue weighted by molar-refractivity contribution is 0.0629. The maximum Gasteiger partial charge on any atom is 0.262 e. The van der Waals surface area contributed by atoms with Crippen LogP contribution in [-0.4, -0.2) is 33.4 Å². The van der Waals surface area contributed by atoms with Crippen LogP contribution >= 0.6 is 15.9 Å². The molecule has 1 aliphatic heterocycles. The minimum absolute atomic E-state index is 0.0236. The summed E-state index contributed by atoms with van der Waals surface area (Å²) in [5.41, 5.74) is 2.64. The topological polar surface area (TPSA) is 77.6 Å². The Hall–Kier alpha value is -3.23. The summed E-state index contributed by atoms with van der Waals surface area (Å²) < 4.78 is 14.1. The van der Waals surface area contributed by atoms with Crippen molar-refractivity contribution in [3.8, 4) is 11.3 Å². The molecule has 0 radical (unpaired) electrons. The van der Waals surface area contributed by atoms with Crippen LogP contribution in [0.2, 0.25) is 0 Å². The van der Waals surface area contributed by atoms with Gasteiger partial charge in [0.1, 0.15) is 13.3 Å². The third-order valence-corrected chi connectivity index (χ3v) is 5.77. The van der Waals surface area contributed by atoms with Gasteiger partial charge >= 0.3 is 0 Å². The van der Waals surface area contributed by atoms with Gasteiger partial charge in [-0.05, 0) is 24.3 Å². The number of imide groups is 1. The van der Waals surface area contributed by atoms with E-state index in [-0.39, 0.29) is 18.4 Å². The Labute approximate surface area is 180 Å². The molecule has 3 heterocycles. The fraction of sp³-hybridized carbons (Fsp3) is 0.136. The van der Waals surface area contributed by atoms with Crippen LogP contribution in [0.4, 0.5) is 0 Å². The molecular weight excluding hydrogens is 450 g/mol. The number of rotatable bonds is 5. The van der Waals surface area contributed by atoms with Gasteiger partial charge in [0.05, 0.1) is 22.8 Å². The van der Waals surface area contributed by atoms with Crippen LogP contribution < -0.4 is 0 Å². The highest BCUT2D eigenvalue weighted by atomic mass is 79.9. The van der Waals surface area contributed by atoms with Crippen molar-refractivity contribution in [1.82, 2.24) is 14.5 Å². The molecule has 0 bridgehead atoms. The van der Waals surface area contributed by atoms with Gasteiger partial charge in [0.2, 0.25) is 5.89 Å². The SMILES string of the molecule is COCn1cc(-c2cnc(CN3C(=O)c4ccccc4C3=O)o2)c2c(Br)cccc21. The normalized spacial score (nSPS) is 13.5. The smallest absolute Gasteiger partial charge is 0.262 e. The van der Waals surface area contributed by atoms with Gasteiger partial charge in [-0.3, -0.25) is 14.5 Å². The molecule has 2 amide bonds. The number of halogens is 1. The van der Waals surface area contributed by atoms with Gasteiger partial charge in [-0.2, -0.15) is 0 Å². The molecule has 0 N–H and O–H groups in total. The molecule has 2 aromatic carbocycles. The van der Waals surface area contributed by atoms with Crippen molar-refractivity contribution in [2.24, 2.45) is 0 Å². The average Bonchev–Trinajstić information content (AvgIpc) is 3.42. The summed E-state index contributed by atoms with van der Waals surface area (Å²) in [6.45, 7) is 0.368. The fourth-order valence-corrected chi connectivity index (χ4v) is 4.34. The molecule has 1 aliphatic rings. The molecule has 0 unspecified atom stereocenters. The number of aromatic nitrogens is 2. The number of carbonyl (C=O) groups excluding carboxylic acids is 2. The maximum atomic E-state index is 12.6. The number of fused-ring (bicyclic) bond motifs is 2. The molecule has 0 atom stereocenters. The first-order valence-corrected chi connectivity index (χ1v) is 10.0. The third-order valence-electron chi connectivity index (χ3n) is 5.11. The van der Waals surface area contributed by atoms with E-state index in [2.05, 4.69) is 20.9 Å². The van der Waals surface area contributed by atoms with Crippen LogP contribution in [0.15, 0.2) is 63.7 Å². The van der Waals surface area contributed by atoms with E-state index in [4.69, 9.17) is 9.15 Å². The molecule has 150 valence electrons. The van der Waals surface area contributed by atoms with E-state index in [1.807, 2.05) is 29.0 Å². The number of carbonyl (C=O) groups is 2. The van der Waals surface area contributed by atoms with E-state index in [9.17, 15) is 9.59 Å². The minimum Gasteiger partial charge on any atom is -0.439 e. The average molecular weight is 466 g/mol. The Kier molecular flexibility index (Phi) is 4.52. The number of ether oxygens (including phenoxy) is 1. The minimum atomic E-state index is -0.338. The van der Waals surface area contributed by atoms with Crippen molar-refractivity contribution in [2.45, 2.75) is 13.3 Å². The lowest BCUT2D eigenvalue weighted by atomic mass is 10.1. The molecule has 7 nitrogen and oxygen atoms in total. The summed E-state index contributed by atoms with van der Waals surface area (Å²) in [6.07, 6.45) is 3.55. The van der Waals surface area contributed by atoms with Crippen LogP contribution in [0.25, 0.3) is 22.2 Å². The highest BCUT2D eigenvalue weighted by Gasteiger charge is 2.36. The van der Waals surface area contributed by atoms with Gasteiger partial charge in [-0.25, -0.2) is 4.98 Å². The molecule has 8 heteroatoms. The van der Waals surface area contributed by atoms with Gasteiger partial charge in [0.25, 0.3) is 11.8 Å². The van der Waals surface area contributed by atoms with Gasteiger partial charge in [-0.1, -0.05) is 34.1 Å². The Bertz CT molecular complexity index is 1270. The van der Waals surface area contributed by atoms with Crippen LogP contribution in [-0.2, 0) is 18.0 Å². The lowest BCUT2D eigenvalue weighted by Crippen LogP contribution is -2.29. The summed E-state index contributed by atoms with van der Waals surface area (Å²) in [5, 5.41) is 0.970. The number of hydrogen-bond acceptors (Lipinski definition) is 5. The van der Waals surface area contributed by atoms with Crippen molar-refractivity contribution in [1.29, 1.82) is 0 Å². The van der Waals surface area contributed by atoms with E-state index >= 15 is 0 Å². The van der Waals surface area contributed by atoms with E-state index in [0.29, 0.717) is 29.5 Å². The lowest BCUT2D eigenvalue weighted by Gasteiger charge is -2.10. The molecule has 0 saturated heterocycles. The van der Waals surface area contributed by atoms with Crippen molar-refractivity contribution >= 4 is 38.6 Å². The molecule has 0 saturated carbocycles. The Morgan fingerprint density at radius 2 is 1.77 bits per heavy atom. The molecule has 30 heavy (non-hydrogen) atoms. The zero-order valence-electron chi connectivity index (χ0n) is 16.0. The van der Waals surface area contributed by atoms with Crippen LogP contribution in [0.5, 0.6) is 0 Å². The number of hydrogen-bond donors (Lipinski definition) is 0. The number of amides is 2. The monoisotopic (exact) mass is 465 g/mol. The highest BCUT2D eigenvalue weighted by Crippen LogP contribution is 2.36. The van der Waals surface area contributed by atoms with Crippen LogP contribution in [0, 0.1) is 0 Å². The van der Waals surface area contributed by atoms with Crippen molar-refractivity contribution < 1.29 is 18.7 Å². The summed E-state index contributed by atoms with van der Waals surface area (Å²) >= 11 is 3.61. The van der Waals surface area contributed by atoms with Gasteiger partial charge < -0.3 is 13.7 Å². The Morgan fingerprint density at radius 3 is 2.47 bits per heavy atom. The van der Waals surface area contributed by atoms with Gasteiger partial charge in [0.15, 0.2) is 5.76 Å². The number of nitrogens with zero attached hydrogens (tertiary/aromatic N) is 3. The Morgan fingerprint density at radius 1 is 1.03 bits per heavy atom. The molecule has 0 aliphatic carbocycles. The summed E-state index contributed by atoms with van der Waals surface area (Å²) in [5.74, 6) is 0.164. The van der Waals surface area contributed by atoms with Crippen molar-refractivity contribution in [3.63, 3.8) is 0 Å². The van der Waals surface area contributed by atoms with E-state index in [1.54, 1.807) is 37.6 Å². The van der Waals surface area contributed by atoms with Gasteiger partial charge in [-0.15, -0.1) is 0 Å². The number of methoxy groups -OCH3 is 1. The summed E-state index contributed by atoms with van der Waals surface area (Å²) in [7, 11) is 1.64. The largest absolute Gasteiger partial charge is 0.439 e. The van der Waals surface area contributed by atoms with E-state index in [0.717, 1.165) is 25.8 Å². The second-order valence-electron chi connectivity index (χ2n) is 6.92. The Balaban J connectivity index is 1.49. The standard InChI is InChI=1S/C22H16BrN3O4/c1-29-12-25-10-15(20-16(23)7-4-8-17(20)25)18-9-24-19(30-18)11-26-21(27)13-5-2-3-6-14(13)22(26)28/h2-10H,11-12H2,1H3. The predicted octanol–water partition coefficient (Wildman–Crippen LogP) is 4.46. The van der Waals surface area contributed by atoms with Crippen molar-refractivity contribution in [3.05, 3.63) is 76.3 Å². The predicted molar refractivity (Wildman–Crippen MR) is 113 cm³/mol. The number of oxazole rings is 1. The first kappa shape index (κ1) is 18.8. The van der Waals surface area contributed by atoms with E-state index in [1.165, 1.54) is 0 Å². The molecule has 0 fully saturated rings. The third kappa shape index (κ3) is 2.88. The second-order valence-corrected chi connectivity index (χ2v) is 7.78. The van der Waals surface area contributed by atoms with E-state index < -0.39 is 0 Å². The summed E-state index contributed by atoms with van der Waals surface area (Å²) in [6, 6.07) is 12.7. The van der Waals surface area contributed by atoms with Crippen LogP contribution in [0.1, 0.15) is 26.6 Å². The number of benzene rings is 2. The highest BCUT2D eigenvalue weighted by molar-refractivity contribution is 9.10. The maximum absolute atomic E-state index is 12.6. The molecule has 0 spiro atoms. The second kappa shape index (κ2) is 7.23. The first-order valence-electron chi connectivity index (χ1n) is 9.25. The zero-order chi connectivity index (χ0) is 20.8. The molecular formula is C22H16BrN3O4. The summed E-state index contributed by atoms with van der Waals surface area (Å²) in [4.78, 5) is 30.7. The molecule has 4 aromatic rings. The van der Waals surface area contributed by atoms with Crippen molar-refractivity contribution in [2.75, 3.05) is 7.11 Å². The van der Waals surface area contributed by atoms with Gasteiger partial charge in [0, 0.05) is 28.7 Å². The fourth-order valence-electron chi connectivity index (χ4n) is 3.77. The van der Waals surface area contributed by atoms with Crippen LogP contribution in [0.3, 0.4) is 0 Å². The molecule has 2 aromatic heterocycles. The zero-order valence-corrected chi connectivity index (χ0v) is 17.5. The quantitative estimate of drug-likeness (QED) is 0.406.